The van der Waals surface area contributed by atoms with Crippen LogP contribution in [0.2, 0.25) is 0 Å². The Morgan fingerprint density at radius 3 is 2.15 bits per heavy atom. The van der Waals surface area contributed by atoms with Crippen molar-refractivity contribution < 1.29 is 4.79 Å². The van der Waals surface area contributed by atoms with Crippen LogP contribution < -0.4 is 11.1 Å². The molecule has 2 aliphatic carbocycles. The molecule has 2 aliphatic rings. The molecule has 0 aromatic heterocycles. The number of hydrogen-bond acceptors (Lipinski definition) is 3. The highest BCUT2D eigenvalue weighted by Gasteiger charge is 2.41. The monoisotopic (exact) mass is 281 g/mol. The van der Waals surface area contributed by atoms with Crippen molar-refractivity contribution in [3.05, 3.63) is 0 Å². The first kappa shape index (κ1) is 15.8. The molecule has 20 heavy (non-hydrogen) atoms. The zero-order chi connectivity index (χ0) is 14.5. The fourth-order valence-electron chi connectivity index (χ4n) is 3.22. The molecule has 1 amide bonds. The second-order valence-corrected chi connectivity index (χ2v) is 6.45. The summed E-state index contributed by atoms with van der Waals surface area (Å²) in [6, 6.07) is 0.142. The van der Waals surface area contributed by atoms with Crippen LogP contribution >= 0.6 is 0 Å². The van der Waals surface area contributed by atoms with Crippen LogP contribution in [0.1, 0.15) is 46.0 Å². The van der Waals surface area contributed by atoms with E-state index >= 15 is 0 Å². The summed E-state index contributed by atoms with van der Waals surface area (Å²) < 4.78 is 0. The van der Waals surface area contributed by atoms with E-state index in [1.54, 1.807) is 0 Å². The van der Waals surface area contributed by atoms with E-state index in [1.165, 1.54) is 25.7 Å². The number of rotatable bonds is 10. The second kappa shape index (κ2) is 7.41. The summed E-state index contributed by atoms with van der Waals surface area (Å²) in [5, 5.41) is 3.57. The molecule has 116 valence electrons. The van der Waals surface area contributed by atoms with Crippen molar-refractivity contribution in [2.75, 3.05) is 26.2 Å². The Hall–Kier alpha value is -0.610. The normalized spacial score (nSPS) is 20.2. The van der Waals surface area contributed by atoms with Crippen LogP contribution in [-0.2, 0) is 4.79 Å². The van der Waals surface area contributed by atoms with E-state index in [4.69, 9.17) is 5.73 Å². The van der Waals surface area contributed by atoms with Gasteiger partial charge in [-0.1, -0.05) is 0 Å². The van der Waals surface area contributed by atoms with Crippen molar-refractivity contribution in [1.29, 1.82) is 0 Å². The number of nitrogens with one attached hydrogen (secondary N) is 1. The quantitative estimate of drug-likeness (QED) is 0.639. The summed E-state index contributed by atoms with van der Waals surface area (Å²) in [5.74, 6) is 2.97. The number of amides is 1. The van der Waals surface area contributed by atoms with E-state index in [9.17, 15) is 4.79 Å². The van der Waals surface area contributed by atoms with Crippen LogP contribution in [0.4, 0.5) is 0 Å². The Bertz CT molecular complexity index is 297. The van der Waals surface area contributed by atoms with E-state index in [2.05, 4.69) is 5.32 Å². The third-order valence-electron chi connectivity index (χ3n) is 4.92. The van der Waals surface area contributed by atoms with Gasteiger partial charge >= 0.3 is 0 Å². The van der Waals surface area contributed by atoms with Crippen LogP contribution in [0.15, 0.2) is 0 Å². The molecule has 2 saturated carbocycles. The van der Waals surface area contributed by atoms with E-state index < -0.39 is 0 Å². The number of carbonyl (C=O) groups is 1. The molecule has 0 radical (unpaired) electrons. The molecule has 4 heteroatoms. The number of carbonyl (C=O) groups excluding carboxylic acids is 1. The Morgan fingerprint density at radius 2 is 1.75 bits per heavy atom. The maximum Gasteiger partial charge on any atom is 0.224 e. The van der Waals surface area contributed by atoms with Gasteiger partial charge in [0.1, 0.15) is 0 Å². The fraction of sp³-hybridized carbons (Fsp3) is 0.938. The molecule has 0 aromatic carbocycles. The standard InChI is InChI=1S/C16H31N3O/c1-3-19(4-2)16(20)9-14(10-17)18-11-15(12-5-6-12)13-7-8-13/h12-15,18H,3-11,17H2,1-2H3. The molecule has 3 N–H and O–H groups in total. The van der Waals surface area contributed by atoms with Crippen LogP contribution in [0, 0.1) is 17.8 Å². The van der Waals surface area contributed by atoms with E-state index in [0.717, 1.165) is 37.4 Å². The molecule has 0 spiro atoms. The first-order chi connectivity index (χ1) is 9.69. The minimum Gasteiger partial charge on any atom is -0.343 e. The zero-order valence-electron chi connectivity index (χ0n) is 13.1. The minimum atomic E-state index is 0.142. The number of nitrogens with two attached hydrogens (primary N) is 1. The van der Waals surface area contributed by atoms with Crippen molar-refractivity contribution in [1.82, 2.24) is 10.2 Å². The Labute approximate surface area is 123 Å². The van der Waals surface area contributed by atoms with Gasteiger partial charge in [0, 0.05) is 32.1 Å². The molecule has 1 unspecified atom stereocenters. The number of nitrogens with zero attached hydrogens (tertiary/aromatic N) is 1. The average molecular weight is 281 g/mol. The summed E-state index contributed by atoms with van der Waals surface area (Å²) in [4.78, 5) is 14.0. The lowest BCUT2D eigenvalue weighted by molar-refractivity contribution is -0.131. The lowest BCUT2D eigenvalue weighted by Crippen LogP contribution is -2.44. The summed E-state index contributed by atoms with van der Waals surface area (Å²) in [6.45, 7) is 7.25. The van der Waals surface area contributed by atoms with Crippen LogP contribution in [0.5, 0.6) is 0 Å². The van der Waals surface area contributed by atoms with Gasteiger partial charge in [0.25, 0.3) is 0 Å². The third kappa shape index (κ3) is 4.45. The molecule has 2 rings (SSSR count). The van der Waals surface area contributed by atoms with Gasteiger partial charge in [0.05, 0.1) is 0 Å². The lowest BCUT2D eigenvalue weighted by atomic mass is 9.97. The van der Waals surface area contributed by atoms with Crippen molar-refractivity contribution in [2.45, 2.75) is 52.0 Å². The molecule has 0 heterocycles. The van der Waals surface area contributed by atoms with Crippen LogP contribution in [0.3, 0.4) is 0 Å². The Kier molecular flexibility index (Phi) is 5.85. The molecule has 1 atom stereocenters. The van der Waals surface area contributed by atoms with E-state index in [1.807, 2.05) is 18.7 Å². The van der Waals surface area contributed by atoms with Crippen molar-refractivity contribution in [3.8, 4) is 0 Å². The van der Waals surface area contributed by atoms with Gasteiger partial charge in [0.2, 0.25) is 5.91 Å². The summed E-state index contributed by atoms with van der Waals surface area (Å²) in [6.07, 6.45) is 6.19. The van der Waals surface area contributed by atoms with Crippen LogP contribution in [0.25, 0.3) is 0 Å². The molecule has 2 fully saturated rings. The third-order valence-corrected chi connectivity index (χ3v) is 4.92. The van der Waals surface area contributed by atoms with Gasteiger partial charge in [-0.15, -0.1) is 0 Å². The molecule has 0 bridgehead atoms. The van der Waals surface area contributed by atoms with Crippen molar-refractivity contribution in [3.63, 3.8) is 0 Å². The maximum atomic E-state index is 12.1. The average Bonchev–Trinajstić information content (AvgIpc) is 3.31. The predicted molar refractivity (Wildman–Crippen MR) is 82.3 cm³/mol. The Morgan fingerprint density at radius 1 is 1.20 bits per heavy atom. The van der Waals surface area contributed by atoms with E-state index in [0.29, 0.717) is 13.0 Å². The SMILES string of the molecule is CCN(CC)C(=O)CC(CN)NCC(C1CC1)C1CC1. The lowest BCUT2D eigenvalue weighted by Gasteiger charge is -2.25. The van der Waals surface area contributed by atoms with Crippen LogP contribution in [-0.4, -0.2) is 43.0 Å². The summed E-state index contributed by atoms with van der Waals surface area (Å²) >= 11 is 0. The summed E-state index contributed by atoms with van der Waals surface area (Å²) in [5.41, 5.74) is 5.84. The first-order valence-electron chi connectivity index (χ1n) is 8.40. The molecular weight excluding hydrogens is 250 g/mol. The minimum absolute atomic E-state index is 0.142. The van der Waals surface area contributed by atoms with Crippen molar-refractivity contribution in [2.24, 2.45) is 23.5 Å². The van der Waals surface area contributed by atoms with Gasteiger partial charge in [0.15, 0.2) is 0 Å². The first-order valence-corrected chi connectivity index (χ1v) is 8.40. The molecule has 0 aliphatic heterocycles. The second-order valence-electron chi connectivity index (χ2n) is 6.45. The topological polar surface area (TPSA) is 58.4 Å². The van der Waals surface area contributed by atoms with Gasteiger partial charge < -0.3 is 16.0 Å². The van der Waals surface area contributed by atoms with E-state index in [-0.39, 0.29) is 11.9 Å². The molecule has 0 aromatic rings. The van der Waals surface area contributed by atoms with Gasteiger partial charge in [-0.3, -0.25) is 4.79 Å². The molecule has 4 nitrogen and oxygen atoms in total. The van der Waals surface area contributed by atoms with Gasteiger partial charge in [-0.05, 0) is 63.8 Å². The maximum absolute atomic E-state index is 12.1. The van der Waals surface area contributed by atoms with Gasteiger partial charge in [-0.2, -0.15) is 0 Å². The zero-order valence-corrected chi connectivity index (χ0v) is 13.1. The largest absolute Gasteiger partial charge is 0.343 e. The predicted octanol–water partition coefficient (Wildman–Crippen LogP) is 1.60. The van der Waals surface area contributed by atoms with Crippen molar-refractivity contribution >= 4 is 5.91 Å². The Balaban J connectivity index is 1.74. The summed E-state index contributed by atoms with van der Waals surface area (Å²) in [7, 11) is 0. The highest BCUT2D eigenvalue weighted by molar-refractivity contribution is 5.76. The number of hydrogen-bond donors (Lipinski definition) is 2. The smallest absolute Gasteiger partial charge is 0.224 e. The highest BCUT2D eigenvalue weighted by Crippen LogP contribution is 2.48. The molecule has 0 saturated heterocycles. The highest BCUT2D eigenvalue weighted by atomic mass is 16.2. The molecular formula is C16H31N3O. The van der Waals surface area contributed by atoms with Gasteiger partial charge in [-0.25, -0.2) is 0 Å². The fourth-order valence-corrected chi connectivity index (χ4v) is 3.22.